The predicted octanol–water partition coefficient (Wildman–Crippen LogP) is 3.18. The van der Waals surface area contributed by atoms with E-state index in [1.165, 1.54) is 11.1 Å². The first-order valence-electron chi connectivity index (χ1n) is 13.3. The van der Waals surface area contributed by atoms with Gasteiger partial charge in [0.15, 0.2) is 0 Å². The SMILES string of the molecule is O=C(NCCCN1CCN(Cc2ccccc2)CC1)C1CCN(C(=O)CCc2ccccc2)CC1. The van der Waals surface area contributed by atoms with Gasteiger partial charge in [0.2, 0.25) is 11.8 Å². The zero-order valence-corrected chi connectivity index (χ0v) is 20.9. The Morgan fingerprint density at radius 2 is 1.37 bits per heavy atom. The molecule has 6 nitrogen and oxygen atoms in total. The van der Waals surface area contributed by atoms with Gasteiger partial charge in [0.05, 0.1) is 0 Å². The molecular weight excluding hydrogens is 436 g/mol. The normalized spacial score (nSPS) is 17.9. The average Bonchev–Trinajstić information content (AvgIpc) is 2.92. The molecule has 0 saturated carbocycles. The minimum atomic E-state index is 0.0368. The Balaban J connectivity index is 1.05. The number of likely N-dealkylation sites (tertiary alicyclic amines) is 1. The molecule has 2 saturated heterocycles. The van der Waals surface area contributed by atoms with Gasteiger partial charge in [0.25, 0.3) is 0 Å². The van der Waals surface area contributed by atoms with Gasteiger partial charge in [-0.15, -0.1) is 0 Å². The minimum Gasteiger partial charge on any atom is -0.356 e. The summed E-state index contributed by atoms with van der Waals surface area (Å²) in [5.74, 6) is 0.403. The molecule has 2 fully saturated rings. The lowest BCUT2D eigenvalue weighted by molar-refractivity contribution is -0.135. The highest BCUT2D eigenvalue weighted by molar-refractivity contribution is 5.80. The fraction of sp³-hybridized carbons (Fsp3) is 0.517. The van der Waals surface area contributed by atoms with Crippen LogP contribution in [0, 0.1) is 5.92 Å². The third-order valence-corrected chi connectivity index (χ3v) is 7.35. The van der Waals surface area contributed by atoms with Crippen LogP contribution < -0.4 is 5.32 Å². The van der Waals surface area contributed by atoms with E-state index in [-0.39, 0.29) is 17.7 Å². The van der Waals surface area contributed by atoms with Crippen LogP contribution in [0.15, 0.2) is 60.7 Å². The second-order valence-electron chi connectivity index (χ2n) is 9.89. The van der Waals surface area contributed by atoms with E-state index >= 15 is 0 Å². The molecule has 0 atom stereocenters. The summed E-state index contributed by atoms with van der Waals surface area (Å²) in [5, 5.41) is 3.14. The second kappa shape index (κ2) is 13.4. The van der Waals surface area contributed by atoms with Crippen molar-refractivity contribution in [3.63, 3.8) is 0 Å². The highest BCUT2D eigenvalue weighted by Gasteiger charge is 2.27. The van der Waals surface area contributed by atoms with E-state index in [2.05, 4.69) is 57.6 Å². The van der Waals surface area contributed by atoms with Gasteiger partial charge in [-0.25, -0.2) is 0 Å². The van der Waals surface area contributed by atoms with Crippen molar-refractivity contribution >= 4 is 11.8 Å². The van der Waals surface area contributed by atoms with Gasteiger partial charge in [-0.3, -0.25) is 14.5 Å². The Morgan fingerprint density at radius 3 is 2.03 bits per heavy atom. The van der Waals surface area contributed by atoms with E-state index in [4.69, 9.17) is 0 Å². The monoisotopic (exact) mass is 476 g/mol. The minimum absolute atomic E-state index is 0.0368. The number of piperidine rings is 1. The number of nitrogens with one attached hydrogen (secondary N) is 1. The summed E-state index contributed by atoms with van der Waals surface area (Å²) in [6.07, 6.45) is 3.85. The van der Waals surface area contributed by atoms with Crippen LogP contribution in [-0.2, 0) is 22.6 Å². The number of hydrogen-bond acceptors (Lipinski definition) is 4. The molecule has 4 rings (SSSR count). The zero-order valence-electron chi connectivity index (χ0n) is 20.9. The molecule has 0 radical (unpaired) electrons. The number of benzene rings is 2. The van der Waals surface area contributed by atoms with Gasteiger partial charge in [-0.1, -0.05) is 60.7 Å². The molecule has 1 N–H and O–H groups in total. The van der Waals surface area contributed by atoms with Crippen molar-refractivity contribution < 1.29 is 9.59 Å². The summed E-state index contributed by atoms with van der Waals surface area (Å²) in [4.78, 5) is 32.1. The number of hydrogen-bond donors (Lipinski definition) is 1. The average molecular weight is 477 g/mol. The lowest BCUT2D eigenvalue weighted by Gasteiger charge is -2.34. The maximum atomic E-state index is 12.6. The summed E-state index contributed by atoms with van der Waals surface area (Å²) < 4.78 is 0. The number of aryl methyl sites for hydroxylation is 1. The molecule has 2 aromatic rings. The van der Waals surface area contributed by atoms with E-state index in [0.29, 0.717) is 19.5 Å². The fourth-order valence-corrected chi connectivity index (χ4v) is 5.12. The van der Waals surface area contributed by atoms with E-state index in [1.54, 1.807) is 0 Å². The standard InChI is InChI=1S/C29H40N4O2/c34-28(13-12-25-8-3-1-4-9-25)33-18-14-27(15-19-33)29(35)30-16-7-17-31-20-22-32(23-21-31)24-26-10-5-2-6-11-26/h1-6,8-11,27H,7,12-24H2,(H,30,35). The Morgan fingerprint density at radius 1 is 0.771 bits per heavy atom. The van der Waals surface area contributed by atoms with Crippen molar-refractivity contribution in [1.82, 2.24) is 20.0 Å². The summed E-state index contributed by atoms with van der Waals surface area (Å²) in [6, 6.07) is 20.8. The fourth-order valence-electron chi connectivity index (χ4n) is 5.12. The van der Waals surface area contributed by atoms with Crippen LogP contribution in [0.1, 0.15) is 36.8 Å². The van der Waals surface area contributed by atoms with Crippen LogP contribution in [0.2, 0.25) is 0 Å². The summed E-state index contributed by atoms with van der Waals surface area (Å²) in [7, 11) is 0. The van der Waals surface area contributed by atoms with Crippen LogP contribution in [0.3, 0.4) is 0 Å². The molecule has 6 heteroatoms. The molecule has 0 aromatic heterocycles. The topological polar surface area (TPSA) is 55.9 Å². The molecule has 2 heterocycles. The van der Waals surface area contributed by atoms with Gasteiger partial charge >= 0.3 is 0 Å². The van der Waals surface area contributed by atoms with Crippen molar-refractivity contribution in [3.8, 4) is 0 Å². The highest BCUT2D eigenvalue weighted by Crippen LogP contribution is 2.18. The summed E-state index contributed by atoms with van der Waals surface area (Å²) in [5.41, 5.74) is 2.58. The summed E-state index contributed by atoms with van der Waals surface area (Å²) in [6.45, 7) is 8.58. The first-order valence-corrected chi connectivity index (χ1v) is 13.3. The molecule has 35 heavy (non-hydrogen) atoms. The Hall–Kier alpha value is -2.70. The zero-order chi connectivity index (χ0) is 24.3. The van der Waals surface area contributed by atoms with Gasteiger partial charge in [-0.05, 0) is 43.4 Å². The molecule has 2 aliphatic heterocycles. The third kappa shape index (κ3) is 8.18. The summed E-state index contributed by atoms with van der Waals surface area (Å²) >= 11 is 0. The van der Waals surface area contributed by atoms with Crippen molar-refractivity contribution in [1.29, 1.82) is 0 Å². The van der Waals surface area contributed by atoms with Gasteiger partial charge < -0.3 is 15.1 Å². The third-order valence-electron chi connectivity index (χ3n) is 7.35. The molecule has 188 valence electrons. The Bertz CT molecular complexity index is 905. The van der Waals surface area contributed by atoms with Gasteiger partial charge in [0.1, 0.15) is 0 Å². The molecule has 0 spiro atoms. The number of nitrogens with zero attached hydrogens (tertiary/aromatic N) is 3. The highest BCUT2D eigenvalue weighted by atomic mass is 16.2. The molecule has 2 aromatic carbocycles. The maximum Gasteiger partial charge on any atom is 0.223 e. The van der Waals surface area contributed by atoms with E-state index in [0.717, 1.165) is 71.5 Å². The van der Waals surface area contributed by atoms with Crippen LogP contribution in [0.4, 0.5) is 0 Å². The first-order chi connectivity index (χ1) is 17.2. The number of carbonyl (C=O) groups is 2. The smallest absolute Gasteiger partial charge is 0.223 e. The van der Waals surface area contributed by atoms with Crippen molar-refractivity contribution in [2.45, 2.75) is 38.6 Å². The van der Waals surface area contributed by atoms with Crippen molar-refractivity contribution in [3.05, 3.63) is 71.8 Å². The van der Waals surface area contributed by atoms with E-state index in [9.17, 15) is 9.59 Å². The van der Waals surface area contributed by atoms with E-state index in [1.807, 2.05) is 23.1 Å². The Labute approximate surface area is 210 Å². The molecule has 0 unspecified atom stereocenters. The first kappa shape index (κ1) is 25.4. The lowest BCUT2D eigenvalue weighted by Crippen LogP contribution is -2.46. The van der Waals surface area contributed by atoms with Crippen molar-refractivity contribution in [2.24, 2.45) is 5.92 Å². The lowest BCUT2D eigenvalue weighted by atomic mass is 9.95. The van der Waals surface area contributed by atoms with Crippen LogP contribution in [0.5, 0.6) is 0 Å². The molecule has 2 amide bonds. The van der Waals surface area contributed by atoms with E-state index < -0.39 is 0 Å². The largest absolute Gasteiger partial charge is 0.356 e. The second-order valence-corrected chi connectivity index (χ2v) is 9.89. The molecule has 0 bridgehead atoms. The number of rotatable bonds is 10. The van der Waals surface area contributed by atoms with Crippen LogP contribution in [-0.4, -0.2) is 78.9 Å². The quantitative estimate of drug-likeness (QED) is 0.535. The maximum absolute atomic E-state index is 12.6. The number of amides is 2. The van der Waals surface area contributed by atoms with Crippen molar-refractivity contribution in [2.75, 3.05) is 52.4 Å². The molecular formula is C29H40N4O2. The van der Waals surface area contributed by atoms with Crippen LogP contribution in [0.25, 0.3) is 0 Å². The van der Waals surface area contributed by atoms with Gasteiger partial charge in [0, 0.05) is 64.7 Å². The number of carbonyl (C=O) groups excluding carboxylic acids is 2. The van der Waals surface area contributed by atoms with Crippen LogP contribution >= 0.6 is 0 Å². The van der Waals surface area contributed by atoms with Gasteiger partial charge in [-0.2, -0.15) is 0 Å². The number of piperazine rings is 1. The Kier molecular flexibility index (Phi) is 9.73. The molecule has 2 aliphatic rings. The predicted molar refractivity (Wildman–Crippen MR) is 140 cm³/mol. The molecule has 0 aliphatic carbocycles.